The van der Waals surface area contributed by atoms with Crippen molar-refractivity contribution in [2.24, 2.45) is 62.6 Å². The smallest absolute Gasteiger partial charge is 0.326 e. The summed E-state index contributed by atoms with van der Waals surface area (Å²) >= 11 is 0. The number of aliphatic hydroxyl groups excluding tert-OH is 1. The van der Waals surface area contributed by atoms with E-state index in [-0.39, 0.29) is 58.0 Å². The summed E-state index contributed by atoms with van der Waals surface area (Å²) in [6, 6.07) is 13.3. The van der Waals surface area contributed by atoms with E-state index >= 15 is 0 Å². The molecule has 0 aliphatic heterocycles. The molecule has 0 saturated heterocycles. The lowest BCUT2D eigenvalue weighted by molar-refractivity contribution is -0.246. The highest BCUT2D eigenvalue weighted by Gasteiger charge is 2.71. The number of carbonyl (C=O) groups is 4. The number of fused-ring (bicyclic) bond motifs is 7. The van der Waals surface area contributed by atoms with Gasteiger partial charge >= 0.3 is 5.97 Å². The van der Waals surface area contributed by atoms with Crippen LogP contribution in [0, 0.1) is 62.6 Å². The summed E-state index contributed by atoms with van der Waals surface area (Å²) in [5.41, 5.74) is 3.98. The SMILES string of the molecule is C=C(C)[C@@H]1CC[C@]2(C(=O)NCCc3cccc(C(=O)NCc4ccc(C(=O)N[C@@H](C(=O)O)C(C)C)cc4)c3)CC[C@]3(C)C(CCC4[C@@]5(C)CC[C@H](O)C(C)(C)C5CC[C@]43C)C12. The number of carboxylic acid groups (broad SMARTS) is 1. The van der Waals surface area contributed by atoms with Gasteiger partial charge in [0.15, 0.2) is 0 Å². The van der Waals surface area contributed by atoms with Gasteiger partial charge in [0, 0.05) is 24.2 Å². The van der Waals surface area contributed by atoms with Crippen LogP contribution in [0.3, 0.4) is 0 Å². The summed E-state index contributed by atoms with van der Waals surface area (Å²) in [6.45, 7) is 23.4. The third kappa shape index (κ3) is 7.67. The van der Waals surface area contributed by atoms with Gasteiger partial charge in [0.2, 0.25) is 5.91 Å². The topological polar surface area (TPSA) is 145 Å². The maximum absolute atomic E-state index is 14.7. The summed E-state index contributed by atoms with van der Waals surface area (Å²) in [4.78, 5) is 52.1. The Bertz CT molecular complexity index is 2030. The Morgan fingerprint density at radius 3 is 2.16 bits per heavy atom. The molecule has 4 unspecified atom stereocenters. The molecule has 0 heterocycles. The molecule has 0 aromatic heterocycles. The first-order valence-corrected chi connectivity index (χ1v) is 23.3. The van der Waals surface area contributed by atoms with Gasteiger partial charge in [-0.25, -0.2) is 4.79 Å². The predicted molar refractivity (Wildman–Crippen MR) is 239 cm³/mol. The van der Waals surface area contributed by atoms with Crippen LogP contribution in [0.15, 0.2) is 60.7 Å². The van der Waals surface area contributed by atoms with Crippen molar-refractivity contribution in [2.45, 2.75) is 145 Å². The highest BCUT2D eigenvalue weighted by atomic mass is 16.4. The quantitative estimate of drug-likeness (QED) is 0.135. The highest BCUT2D eigenvalue weighted by Crippen LogP contribution is 2.77. The van der Waals surface area contributed by atoms with E-state index in [1.807, 2.05) is 18.2 Å². The van der Waals surface area contributed by atoms with Crippen LogP contribution < -0.4 is 16.0 Å². The van der Waals surface area contributed by atoms with E-state index in [2.05, 4.69) is 64.1 Å². The molecule has 5 aliphatic rings. The monoisotopic (exact) mass is 836 g/mol. The van der Waals surface area contributed by atoms with Crippen molar-refractivity contribution in [1.29, 1.82) is 0 Å². The summed E-state index contributed by atoms with van der Waals surface area (Å²) < 4.78 is 0. The van der Waals surface area contributed by atoms with Crippen molar-refractivity contribution in [3.8, 4) is 0 Å². The summed E-state index contributed by atoms with van der Waals surface area (Å²) in [5.74, 6) is 0.439. The average molecular weight is 836 g/mol. The van der Waals surface area contributed by atoms with Gasteiger partial charge in [-0.05, 0) is 170 Å². The number of nitrogens with one attached hydrogen (secondary N) is 3. The van der Waals surface area contributed by atoms with Crippen LogP contribution in [-0.2, 0) is 22.6 Å². The molecule has 11 atom stereocenters. The molecule has 9 heteroatoms. The Hall–Kier alpha value is -3.98. The molecule has 7 rings (SSSR count). The summed E-state index contributed by atoms with van der Waals surface area (Å²) in [6.07, 6.45) is 11.1. The molecule has 2 aromatic carbocycles. The van der Waals surface area contributed by atoms with E-state index in [0.29, 0.717) is 47.8 Å². The van der Waals surface area contributed by atoms with E-state index in [9.17, 15) is 29.4 Å². The zero-order valence-corrected chi connectivity index (χ0v) is 38.2. The average Bonchev–Trinajstić information content (AvgIpc) is 3.62. The molecule has 5 aliphatic carbocycles. The van der Waals surface area contributed by atoms with Crippen molar-refractivity contribution in [2.75, 3.05) is 6.54 Å². The Balaban J connectivity index is 0.983. The van der Waals surface area contributed by atoms with Crippen LogP contribution in [0.1, 0.15) is 151 Å². The summed E-state index contributed by atoms with van der Waals surface area (Å²) in [7, 11) is 0. The van der Waals surface area contributed by atoms with E-state index in [4.69, 9.17) is 0 Å². The third-order valence-electron chi connectivity index (χ3n) is 18.3. The molecule has 2 aromatic rings. The number of amides is 3. The largest absolute Gasteiger partial charge is 0.480 e. The molecule has 3 amide bonds. The van der Waals surface area contributed by atoms with Crippen molar-refractivity contribution >= 4 is 23.7 Å². The van der Waals surface area contributed by atoms with Crippen LogP contribution in [-0.4, -0.2) is 52.6 Å². The molecule has 5 N–H and O–H groups in total. The Labute approximate surface area is 364 Å². The minimum absolute atomic E-state index is 0.0706. The maximum Gasteiger partial charge on any atom is 0.326 e. The summed E-state index contributed by atoms with van der Waals surface area (Å²) in [5, 5.41) is 29.5. The van der Waals surface area contributed by atoms with Gasteiger partial charge in [0.05, 0.1) is 11.5 Å². The first-order valence-electron chi connectivity index (χ1n) is 23.3. The van der Waals surface area contributed by atoms with Crippen LogP contribution in [0.25, 0.3) is 0 Å². The fourth-order valence-corrected chi connectivity index (χ4v) is 14.7. The number of aliphatic hydroxyl groups is 1. The lowest BCUT2D eigenvalue weighted by Crippen LogP contribution is -2.67. The van der Waals surface area contributed by atoms with Crippen LogP contribution in [0.4, 0.5) is 0 Å². The van der Waals surface area contributed by atoms with E-state index in [0.717, 1.165) is 56.1 Å². The second-order valence-electron chi connectivity index (χ2n) is 21.8. The maximum atomic E-state index is 14.7. The number of carbonyl (C=O) groups excluding carboxylic acids is 3. The molecular formula is C52H73N3O6. The standard InChI is InChI=1S/C52H73N3O6/c1-31(2)37-19-25-52(27-26-50(8)38(42(37)52)17-18-40-49(7)23-21-41(56)48(5,6)39(49)20-24-51(40,50)9)47(61)53-28-22-33-11-10-12-36(29-33)44(57)54-30-34-13-15-35(16-14-34)45(58)55-43(32(3)4)46(59)60/h10-16,29,32,37-43,56H,1,17-28,30H2,2-9H3,(H,53,61)(H,54,57)(H,55,58)(H,59,60)/t37-,38?,39?,40?,41-,42?,43+,49-,50+,51+,52-/m0/s1. The molecule has 5 fully saturated rings. The van der Waals surface area contributed by atoms with E-state index in [1.165, 1.54) is 24.8 Å². The molecule has 332 valence electrons. The van der Waals surface area contributed by atoms with E-state index in [1.54, 1.807) is 44.2 Å². The molecule has 0 radical (unpaired) electrons. The third-order valence-corrected chi connectivity index (χ3v) is 18.3. The molecule has 9 nitrogen and oxygen atoms in total. The van der Waals surface area contributed by atoms with Gasteiger partial charge in [0.1, 0.15) is 6.04 Å². The second-order valence-corrected chi connectivity index (χ2v) is 21.8. The number of hydrogen-bond acceptors (Lipinski definition) is 5. The van der Waals surface area contributed by atoms with Gasteiger partial charge in [-0.1, -0.05) is 84.9 Å². The van der Waals surface area contributed by atoms with Crippen LogP contribution in [0.5, 0.6) is 0 Å². The first-order chi connectivity index (χ1) is 28.7. The molecular weight excluding hydrogens is 763 g/mol. The number of rotatable bonds is 12. The van der Waals surface area contributed by atoms with Gasteiger partial charge in [-0.3, -0.25) is 14.4 Å². The molecule has 0 spiro atoms. The van der Waals surface area contributed by atoms with Crippen molar-refractivity contribution < 1.29 is 29.4 Å². The van der Waals surface area contributed by atoms with Crippen LogP contribution >= 0.6 is 0 Å². The fourth-order valence-electron chi connectivity index (χ4n) is 14.7. The lowest BCUT2D eigenvalue weighted by atomic mass is 9.32. The number of carboxylic acids is 1. The first kappa shape index (κ1) is 45.1. The predicted octanol–water partition coefficient (Wildman–Crippen LogP) is 9.13. The minimum Gasteiger partial charge on any atom is -0.480 e. The van der Waals surface area contributed by atoms with Crippen molar-refractivity contribution in [1.82, 2.24) is 16.0 Å². The zero-order valence-electron chi connectivity index (χ0n) is 38.2. The van der Waals surface area contributed by atoms with Gasteiger partial charge in [0.25, 0.3) is 11.8 Å². The van der Waals surface area contributed by atoms with Gasteiger partial charge < -0.3 is 26.2 Å². The second kappa shape index (κ2) is 16.6. The normalized spacial score (nSPS) is 35.4. The zero-order chi connectivity index (χ0) is 44.3. The molecule has 0 bridgehead atoms. The molecule has 5 saturated carbocycles. The lowest BCUT2D eigenvalue weighted by Gasteiger charge is -2.72. The Morgan fingerprint density at radius 2 is 1.49 bits per heavy atom. The van der Waals surface area contributed by atoms with E-state index < -0.39 is 23.3 Å². The number of benzene rings is 2. The number of aliphatic carboxylic acids is 1. The molecule has 61 heavy (non-hydrogen) atoms. The minimum atomic E-state index is -1.08. The van der Waals surface area contributed by atoms with Crippen LogP contribution in [0.2, 0.25) is 0 Å². The van der Waals surface area contributed by atoms with Crippen molar-refractivity contribution in [3.05, 3.63) is 82.9 Å². The Morgan fingerprint density at radius 1 is 0.770 bits per heavy atom. The number of allylic oxidation sites excluding steroid dienone is 1. The Kier molecular flexibility index (Phi) is 12.3. The van der Waals surface area contributed by atoms with Gasteiger partial charge in [-0.15, -0.1) is 0 Å². The highest BCUT2D eigenvalue weighted by molar-refractivity contribution is 5.97. The van der Waals surface area contributed by atoms with Crippen molar-refractivity contribution in [3.63, 3.8) is 0 Å². The fraction of sp³-hybridized carbons (Fsp3) is 0.654. The van der Waals surface area contributed by atoms with Gasteiger partial charge in [-0.2, -0.15) is 0 Å². The number of hydrogen-bond donors (Lipinski definition) is 5.